The molecule has 0 atom stereocenters. The first-order valence-electron chi connectivity index (χ1n) is 6.40. The SMILES string of the molecule is CCNCCc1c(C)c2cc(C)ccc2n1C. The molecule has 0 saturated heterocycles. The maximum Gasteiger partial charge on any atom is 0.0482 e. The lowest BCUT2D eigenvalue weighted by Crippen LogP contribution is -2.17. The van der Waals surface area contributed by atoms with Crippen molar-refractivity contribution in [2.45, 2.75) is 27.2 Å². The van der Waals surface area contributed by atoms with Gasteiger partial charge in [0.15, 0.2) is 0 Å². The summed E-state index contributed by atoms with van der Waals surface area (Å²) in [6.07, 6.45) is 1.10. The summed E-state index contributed by atoms with van der Waals surface area (Å²) in [6, 6.07) is 6.71. The monoisotopic (exact) mass is 230 g/mol. The zero-order chi connectivity index (χ0) is 12.4. The van der Waals surface area contributed by atoms with Gasteiger partial charge in [0.2, 0.25) is 0 Å². The number of hydrogen-bond donors (Lipinski definition) is 1. The van der Waals surface area contributed by atoms with Crippen LogP contribution in [-0.4, -0.2) is 17.7 Å². The summed E-state index contributed by atoms with van der Waals surface area (Å²) < 4.78 is 2.33. The number of rotatable bonds is 4. The molecule has 17 heavy (non-hydrogen) atoms. The number of nitrogens with zero attached hydrogens (tertiary/aromatic N) is 1. The van der Waals surface area contributed by atoms with Gasteiger partial charge in [-0.2, -0.15) is 0 Å². The molecule has 2 heteroatoms. The fraction of sp³-hybridized carbons (Fsp3) is 0.467. The third-order valence-electron chi connectivity index (χ3n) is 3.54. The van der Waals surface area contributed by atoms with E-state index in [1.807, 2.05) is 0 Å². The molecule has 0 aliphatic rings. The molecule has 2 rings (SSSR count). The molecule has 1 aromatic heterocycles. The molecular formula is C15H22N2. The Bertz CT molecular complexity index is 523. The molecular weight excluding hydrogens is 208 g/mol. The standard InChI is InChI=1S/C15H22N2/c1-5-16-9-8-14-12(3)13-10-11(2)6-7-15(13)17(14)4/h6-7,10,16H,5,8-9H2,1-4H3. The molecule has 2 aromatic rings. The molecule has 0 radical (unpaired) electrons. The minimum absolute atomic E-state index is 1.04. The summed E-state index contributed by atoms with van der Waals surface area (Å²) in [7, 11) is 2.17. The Morgan fingerprint density at radius 2 is 2.00 bits per heavy atom. The third-order valence-corrected chi connectivity index (χ3v) is 3.54. The van der Waals surface area contributed by atoms with E-state index in [1.54, 1.807) is 0 Å². The van der Waals surface area contributed by atoms with Crippen molar-refractivity contribution in [3.63, 3.8) is 0 Å². The molecule has 0 spiro atoms. The van der Waals surface area contributed by atoms with Gasteiger partial charge >= 0.3 is 0 Å². The minimum atomic E-state index is 1.04. The summed E-state index contributed by atoms with van der Waals surface area (Å²) in [5.41, 5.74) is 5.57. The minimum Gasteiger partial charge on any atom is -0.347 e. The van der Waals surface area contributed by atoms with Crippen LogP contribution < -0.4 is 5.32 Å². The molecule has 0 fully saturated rings. The predicted octanol–water partition coefficient (Wildman–Crippen LogP) is 2.95. The molecule has 0 unspecified atom stereocenters. The number of likely N-dealkylation sites (N-methyl/N-ethyl adjacent to an activating group) is 1. The molecule has 1 N–H and O–H groups in total. The van der Waals surface area contributed by atoms with E-state index in [1.165, 1.54) is 27.7 Å². The Kier molecular flexibility index (Phi) is 3.53. The van der Waals surface area contributed by atoms with E-state index in [-0.39, 0.29) is 0 Å². The predicted molar refractivity (Wildman–Crippen MR) is 74.6 cm³/mol. The van der Waals surface area contributed by atoms with Crippen LogP contribution in [-0.2, 0) is 13.5 Å². The number of fused-ring (bicyclic) bond motifs is 1. The van der Waals surface area contributed by atoms with Crippen LogP contribution in [0.1, 0.15) is 23.7 Å². The van der Waals surface area contributed by atoms with Crippen LogP contribution in [0, 0.1) is 13.8 Å². The lowest BCUT2D eigenvalue weighted by atomic mass is 10.1. The van der Waals surface area contributed by atoms with E-state index in [9.17, 15) is 0 Å². The Hall–Kier alpha value is -1.28. The van der Waals surface area contributed by atoms with E-state index in [4.69, 9.17) is 0 Å². The van der Waals surface area contributed by atoms with Crippen molar-refractivity contribution in [1.29, 1.82) is 0 Å². The van der Waals surface area contributed by atoms with Crippen LogP contribution in [0.2, 0.25) is 0 Å². The smallest absolute Gasteiger partial charge is 0.0482 e. The van der Waals surface area contributed by atoms with Gasteiger partial charge in [-0.3, -0.25) is 0 Å². The molecule has 92 valence electrons. The van der Waals surface area contributed by atoms with Crippen molar-refractivity contribution >= 4 is 10.9 Å². The zero-order valence-corrected chi connectivity index (χ0v) is 11.3. The van der Waals surface area contributed by atoms with Crippen molar-refractivity contribution in [1.82, 2.24) is 9.88 Å². The summed E-state index contributed by atoms with van der Waals surface area (Å²) >= 11 is 0. The van der Waals surface area contributed by atoms with Gasteiger partial charge in [-0.05, 0) is 38.1 Å². The molecule has 0 saturated carbocycles. The molecule has 0 bridgehead atoms. The summed E-state index contributed by atoms with van der Waals surface area (Å²) in [5.74, 6) is 0. The number of hydrogen-bond acceptors (Lipinski definition) is 1. The summed E-state index contributed by atoms with van der Waals surface area (Å²) in [6.45, 7) is 8.65. The molecule has 0 aliphatic heterocycles. The molecule has 1 heterocycles. The van der Waals surface area contributed by atoms with Crippen molar-refractivity contribution in [3.05, 3.63) is 35.0 Å². The first-order chi connectivity index (χ1) is 8.15. The second-order valence-electron chi connectivity index (χ2n) is 4.75. The van der Waals surface area contributed by atoms with Gasteiger partial charge in [0, 0.05) is 36.6 Å². The van der Waals surface area contributed by atoms with E-state index in [2.05, 4.69) is 55.9 Å². The highest BCUT2D eigenvalue weighted by molar-refractivity contribution is 5.85. The van der Waals surface area contributed by atoms with E-state index in [0.717, 1.165) is 19.5 Å². The molecule has 0 aliphatic carbocycles. The highest BCUT2D eigenvalue weighted by Gasteiger charge is 2.10. The highest BCUT2D eigenvalue weighted by Crippen LogP contribution is 2.25. The van der Waals surface area contributed by atoms with Gasteiger partial charge in [-0.1, -0.05) is 18.6 Å². The van der Waals surface area contributed by atoms with Gasteiger partial charge in [-0.25, -0.2) is 0 Å². The number of aryl methyl sites for hydroxylation is 3. The van der Waals surface area contributed by atoms with Crippen molar-refractivity contribution in [2.75, 3.05) is 13.1 Å². The van der Waals surface area contributed by atoms with E-state index < -0.39 is 0 Å². The second kappa shape index (κ2) is 4.92. The van der Waals surface area contributed by atoms with Gasteiger partial charge in [0.25, 0.3) is 0 Å². The van der Waals surface area contributed by atoms with Gasteiger partial charge in [0.1, 0.15) is 0 Å². The van der Waals surface area contributed by atoms with Crippen LogP contribution in [0.5, 0.6) is 0 Å². The molecule has 0 amide bonds. The van der Waals surface area contributed by atoms with Crippen molar-refractivity contribution in [2.24, 2.45) is 7.05 Å². The Morgan fingerprint density at radius 1 is 1.24 bits per heavy atom. The number of nitrogens with one attached hydrogen (secondary N) is 1. The normalized spacial score (nSPS) is 11.3. The Labute approximate surface area is 104 Å². The zero-order valence-electron chi connectivity index (χ0n) is 11.3. The van der Waals surface area contributed by atoms with Crippen LogP contribution in [0.3, 0.4) is 0 Å². The largest absolute Gasteiger partial charge is 0.347 e. The van der Waals surface area contributed by atoms with E-state index >= 15 is 0 Å². The Morgan fingerprint density at radius 3 is 2.71 bits per heavy atom. The quantitative estimate of drug-likeness (QED) is 0.799. The molecule has 2 nitrogen and oxygen atoms in total. The van der Waals surface area contributed by atoms with Crippen molar-refractivity contribution in [3.8, 4) is 0 Å². The fourth-order valence-corrected chi connectivity index (χ4v) is 2.53. The average Bonchev–Trinajstić information content (AvgIpc) is 2.54. The average molecular weight is 230 g/mol. The van der Waals surface area contributed by atoms with Crippen LogP contribution in [0.25, 0.3) is 10.9 Å². The maximum atomic E-state index is 3.39. The van der Waals surface area contributed by atoms with Crippen LogP contribution >= 0.6 is 0 Å². The van der Waals surface area contributed by atoms with Gasteiger partial charge < -0.3 is 9.88 Å². The highest BCUT2D eigenvalue weighted by atomic mass is 15.0. The lowest BCUT2D eigenvalue weighted by molar-refractivity contribution is 0.690. The maximum absolute atomic E-state index is 3.39. The van der Waals surface area contributed by atoms with Gasteiger partial charge in [0.05, 0.1) is 0 Å². The molecule has 1 aromatic carbocycles. The number of aromatic nitrogens is 1. The number of benzene rings is 1. The summed E-state index contributed by atoms with van der Waals surface area (Å²) in [5, 5.41) is 4.80. The van der Waals surface area contributed by atoms with Crippen LogP contribution in [0.15, 0.2) is 18.2 Å². The fourth-order valence-electron chi connectivity index (χ4n) is 2.53. The first kappa shape index (κ1) is 12.2. The van der Waals surface area contributed by atoms with Crippen LogP contribution in [0.4, 0.5) is 0 Å². The Balaban J connectivity index is 2.42. The van der Waals surface area contributed by atoms with Gasteiger partial charge in [-0.15, -0.1) is 0 Å². The summed E-state index contributed by atoms with van der Waals surface area (Å²) in [4.78, 5) is 0. The lowest BCUT2D eigenvalue weighted by Gasteiger charge is -2.06. The topological polar surface area (TPSA) is 17.0 Å². The second-order valence-corrected chi connectivity index (χ2v) is 4.75. The van der Waals surface area contributed by atoms with Crippen molar-refractivity contribution < 1.29 is 0 Å². The van der Waals surface area contributed by atoms with E-state index in [0.29, 0.717) is 0 Å². The third kappa shape index (κ3) is 2.22. The first-order valence-corrected chi connectivity index (χ1v) is 6.40.